The first-order chi connectivity index (χ1) is 23.4. The molecule has 232 valence electrons. The van der Waals surface area contributed by atoms with E-state index in [4.69, 9.17) is 0 Å². The van der Waals surface area contributed by atoms with Crippen LogP contribution in [0.4, 0.5) is 11.4 Å². The van der Waals surface area contributed by atoms with Crippen molar-refractivity contribution in [1.82, 2.24) is 0 Å². The number of para-hydroxylation sites is 2. The van der Waals surface area contributed by atoms with Crippen molar-refractivity contribution in [1.29, 1.82) is 0 Å². The molecule has 0 unspecified atom stereocenters. The van der Waals surface area contributed by atoms with Gasteiger partial charge in [0.1, 0.15) is 0 Å². The standard InChI is InChI=1S/C40H26N2O6/c43-19-17-21-5-1-3-7-31(21)41-37(45)27-13-9-23-25-11-15-29-36-30(40(48)42(39(29)47)32-8-4-2-6-22(32)18-20-44)16-12-26(34(25)36)24-10-14-28(38(41)46)35(27)33(23)24/h1-16,43-44H,17-20H2. The molecular weight excluding hydrogens is 604 g/mol. The van der Waals surface area contributed by atoms with E-state index >= 15 is 0 Å². The number of carbonyl (C=O) groups is 4. The fourth-order valence-corrected chi connectivity index (χ4v) is 7.83. The summed E-state index contributed by atoms with van der Waals surface area (Å²) in [7, 11) is 0. The largest absolute Gasteiger partial charge is 0.396 e. The molecule has 0 saturated carbocycles. The number of hydrogen-bond donors (Lipinski definition) is 2. The second kappa shape index (κ2) is 10.3. The number of amides is 4. The number of benzene rings is 7. The first-order valence-corrected chi connectivity index (χ1v) is 15.8. The number of imide groups is 2. The van der Waals surface area contributed by atoms with Crippen LogP contribution in [0.1, 0.15) is 52.6 Å². The average molecular weight is 631 g/mol. The van der Waals surface area contributed by atoms with Crippen molar-refractivity contribution < 1.29 is 29.4 Å². The lowest BCUT2D eigenvalue weighted by Crippen LogP contribution is -2.41. The van der Waals surface area contributed by atoms with Crippen LogP contribution in [0.3, 0.4) is 0 Å². The van der Waals surface area contributed by atoms with Gasteiger partial charge in [-0.1, -0.05) is 60.7 Å². The van der Waals surface area contributed by atoms with Crippen LogP contribution in [0, 0.1) is 0 Å². The van der Waals surface area contributed by atoms with Gasteiger partial charge in [0, 0.05) is 46.2 Å². The Hall–Kier alpha value is -5.96. The molecule has 4 amide bonds. The van der Waals surface area contributed by atoms with E-state index < -0.39 is 23.6 Å². The highest BCUT2D eigenvalue weighted by molar-refractivity contribution is 6.45. The number of fused-ring (bicyclic) bond motifs is 2. The van der Waals surface area contributed by atoms with Gasteiger partial charge < -0.3 is 10.2 Å². The van der Waals surface area contributed by atoms with Crippen molar-refractivity contribution in [2.24, 2.45) is 0 Å². The van der Waals surface area contributed by atoms with Crippen molar-refractivity contribution in [2.75, 3.05) is 23.0 Å². The Bertz CT molecular complexity index is 2290. The number of aliphatic hydroxyl groups excluding tert-OH is 2. The molecule has 2 N–H and O–H groups in total. The molecule has 0 saturated heterocycles. The number of anilines is 2. The molecule has 0 atom stereocenters. The molecule has 0 fully saturated rings. The van der Waals surface area contributed by atoms with Gasteiger partial charge in [-0.25, -0.2) is 9.80 Å². The van der Waals surface area contributed by atoms with Crippen molar-refractivity contribution >= 4 is 78.1 Å². The molecule has 2 aliphatic heterocycles. The molecule has 0 spiro atoms. The zero-order valence-electron chi connectivity index (χ0n) is 25.5. The Balaban J connectivity index is 1.28. The Labute approximate surface area is 273 Å². The third-order valence-corrected chi connectivity index (χ3v) is 9.86. The van der Waals surface area contributed by atoms with E-state index in [0.717, 1.165) is 32.3 Å². The van der Waals surface area contributed by atoms with E-state index in [1.54, 1.807) is 60.7 Å². The summed E-state index contributed by atoms with van der Waals surface area (Å²) >= 11 is 0. The lowest BCUT2D eigenvalue weighted by molar-refractivity contribution is 0.0877. The van der Waals surface area contributed by atoms with Gasteiger partial charge in [-0.3, -0.25) is 19.2 Å². The Morgan fingerprint density at radius 2 is 0.708 bits per heavy atom. The van der Waals surface area contributed by atoms with Crippen LogP contribution >= 0.6 is 0 Å². The van der Waals surface area contributed by atoms with E-state index in [1.807, 2.05) is 36.4 Å². The third-order valence-electron chi connectivity index (χ3n) is 9.86. The highest BCUT2D eigenvalue weighted by Gasteiger charge is 2.38. The molecule has 8 heteroatoms. The number of rotatable bonds is 6. The minimum atomic E-state index is -0.435. The Morgan fingerprint density at radius 3 is 1.02 bits per heavy atom. The van der Waals surface area contributed by atoms with Crippen molar-refractivity contribution in [3.8, 4) is 0 Å². The SMILES string of the molecule is O=C1c2ccc3c4ccc5c6c(ccc(c7ccc(c2c37)C(=O)N1c1ccccc1CCO)c64)C(=O)N(c1ccccc1CCO)C5=O. The summed E-state index contributed by atoms with van der Waals surface area (Å²) in [5.74, 6) is -1.74. The van der Waals surface area contributed by atoms with Crippen LogP contribution < -0.4 is 9.80 Å². The third kappa shape index (κ3) is 3.61. The molecule has 0 radical (unpaired) electrons. The first-order valence-electron chi connectivity index (χ1n) is 15.8. The highest BCUT2D eigenvalue weighted by atomic mass is 16.3. The zero-order chi connectivity index (χ0) is 32.8. The molecule has 9 rings (SSSR count). The van der Waals surface area contributed by atoms with E-state index in [9.17, 15) is 29.4 Å². The maximum atomic E-state index is 14.1. The molecule has 48 heavy (non-hydrogen) atoms. The van der Waals surface area contributed by atoms with Gasteiger partial charge in [-0.05, 0) is 92.7 Å². The maximum absolute atomic E-state index is 14.1. The number of hydrogen-bond acceptors (Lipinski definition) is 6. The summed E-state index contributed by atoms with van der Waals surface area (Å²) in [5.41, 5.74) is 3.91. The summed E-state index contributed by atoms with van der Waals surface area (Å²) in [6, 6.07) is 28.7. The van der Waals surface area contributed by atoms with Crippen LogP contribution in [0.15, 0.2) is 97.1 Å². The van der Waals surface area contributed by atoms with Crippen LogP contribution in [-0.4, -0.2) is 47.1 Å². The Morgan fingerprint density at radius 1 is 0.396 bits per heavy atom. The van der Waals surface area contributed by atoms with Crippen LogP contribution in [0.5, 0.6) is 0 Å². The molecule has 8 nitrogen and oxygen atoms in total. The summed E-state index contributed by atoms with van der Waals surface area (Å²) < 4.78 is 0. The van der Waals surface area contributed by atoms with Crippen molar-refractivity contribution in [3.05, 3.63) is 130 Å². The first kappa shape index (κ1) is 28.3. The Kier molecular flexibility index (Phi) is 6.05. The van der Waals surface area contributed by atoms with Crippen molar-refractivity contribution in [3.63, 3.8) is 0 Å². The monoisotopic (exact) mass is 630 g/mol. The minimum Gasteiger partial charge on any atom is -0.396 e. The highest BCUT2D eigenvalue weighted by Crippen LogP contribution is 2.47. The number of aliphatic hydroxyl groups is 2. The van der Waals surface area contributed by atoms with Crippen molar-refractivity contribution in [2.45, 2.75) is 12.8 Å². The molecule has 2 aliphatic rings. The smallest absolute Gasteiger partial charge is 0.265 e. The van der Waals surface area contributed by atoms with Gasteiger partial charge in [-0.15, -0.1) is 0 Å². The lowest BCUT2D eigenvalue weighted by atomic mass is 9.82. The zero-order valence-corrected chi connectivity index (χ0v) is 25.5. The van der Waals surface area contributed by atoms with Gasteiger partial charge in [-0.2, -0.15) is 0 Å². The van der Waals surface area contributed by atoms with E-state index in [1.165, 1.54) is 9.80 Å². The number of carbonyl (C=O) groups excluding carboxylic acids is 4. The molecule has 2 heterocycles. The second-order valence-electron chi connectivity index (χ2n) is 12.2. The van der Waals surface area contributed by atoms with Crippen LogP contribution in [0.25, 0.3) is 43.1 Å². The fourth-order valence-electron chi connectivity index (χ4n) is 7.83. The van der Waals surface area contributed by atoms with Gasteiger partial charge >= 0.3 is 0 Å². The summed E-state index contributed by atoms with van der Waals surface area (Å²) in [4.78, 5) is 58.8. The molecule has 7 aromatic carbocycles. The van der Waals surface area contributed by atoms with Gasteiger partial charge in [0.05, 0.1) is 11.4 Å². The molecule has 0 bridgehead atoms. The average Bonchev–Trinajstić information content (AvgIpc) is 3.10. The summed E-state index contributed by atoms with van der Waals surface area (Å²) in [5, 5.41) is 25.2. The second-order valence-corrected chi connectivity index (χ2v) is 12.2. The summed E-state index contributed by atoms with van der Waals surface area (Å²) in [6.45, 7) is -0.237. The van der Waals surface area contributed by atoms with Gasteiger partial charge in [0.2, 0.25) is 0 Å². The van der Waals surface area contributed by atoms with E-state index in [2.05, 4.69) is 0 Å². The van der Waals surface area contributed by atoms with Gasteiger partial charge in [0.15, 0.2) is 0 Å². The fraction of sp³-hybridized carbons (Fsp3) is 0.100. The quantitative estimate of drug-likeness (QED) is 0.125. The maximum Gasteiger partial charge on any atom is 0.265 e. The predicted molar refractivity (Wildman–Crippen MR) is 184 cm³/mol. The predicted octanol–water partition coefficient (Wildman–Crippen LogP) is 6.41. The molecule has 0 aliphatic carbocycles. The molecule has 7 aromatic rings. The van der Waals surface area contributed by atoms with Gasteiger partial charge in [0.25, 0.3) is 23.6 Å². The lowest BCUT2D eigenvalue weighted by Gasteiger charge is -2.31. The van der Waals surface area contributed by atoms with E-state index in [0.29, 0.717) is 68.4 Å². The number of nitrogens with zero attached hydrogens (tertiary/aromatic N) is 2. The molecular formula is C40H26N2O6. The topological polar surface area (TPSA) is 115 Å². The van der Waals surface area contributed by atoms with Crippen LogP contribution in [0.2, 0.25) is 0 Å². The van der Waals surface area contributed by atoms with E-state index in [-0.39, 0.29) is 13.2 Å². The normalized spacial score (nSPS) is 14.5. The van der Waals surface area contributed by atoms with Crippen LogP contribution in [-0.2, 0) is 12.8 Å². The minimum absolute atomic E-state index is 0.118. The molecule has 0 aromatic heterocycles. The summed E-state index contributed by atoms with van der Waals surface area (Å²) in [6.07, 6.45) is 0.603.